The molecule has 0 radical (unpaired) electrons. The number of ether oxygens (including phenoxy) is 1. The molecule has 1 saturated heterocycles. The van der Waals surface area contributed by atoms with Gasteiger partial charge in [0.25, 0.3) is 0 Å². The van der Waals surface area contributed by atoms with Crippen molar-refractivity contribution in [3.63, 3.8) is 0 Å². The lowest BCUT2D eigenvalue weighted by atomic mass is 10.0. The number of nitrogens with one attached hydrogen (secondary N) is 1. The van der Waals surface area contributed by atoms with Gasteiger partial charge < -0.3 is 15.0 Å². The number of hydrogen-bond donors (Lipinski definition) is 1. The minimum Gasteiger partial charge on any atom is -0.496 e. The van der Waals surface area contributed by atoms with Crippen LogP contribution in [0.3, 0.4) is 0 Å². The van der Waals surface area contributed by atoms with Crippen molar-refractivity contribution in [3.05, 3.63) is 28.8 Å². The standard InChI is InChI=1S/C15H23ClN2O/c1-3-18-8-6-14(7-9-18)17-11-12-10-13(16)4-5-15(12)19-2/h4-5,10,14,17H,3,6-9,11H2,1-2H3. The van der Waals surface area contributed by atoms with Gasteiger partial charge in [0, 0.05) is 23.2 Å². The topological polar surface area (TPSA) is 24.5 Å². The molecular formula is C15H23ClN2O. The van der Waals surface area contributed by atoms with Gasteiger partial charge in [-0.15, -0.1) is 0 Å². The molecule has 0 amide bonds. The molecule has 0 aliphatic carbocycles. The number of hydrogen-bond acceptors (Lipinski definition) is 3. The molecular weight excluding hydrogens is 260 g/mol. The first kappa shape index (κ1) is 14.6. The van der Waals surface area contributed by atoms with Crippen LogP contribution >= 0.6 is 11.6 Å². The third-order valence-corrected chi connectivity index (χ3v) is 4.09. The normalized spacial score (nSPS) is 17.6. The highest BCUT2D eigenvalue weighted by Crippen LogP contribution is 2.23. The lowest BCUT2D eigenvalue weighted by molar-refractivity contribution is 0.205. The zero-order valence-corrected chi connectivity index (χ0v) is 12.5. The summed E-state index contributed by atoms with van der Waals surface area (Å²) in [4.78, 5) is 2.50. The van der Waals surface area contributed by atoms with E-state index in [4.69, 9.17) is 16.3 Å². The molecule has 0 spiro atoms. The van der Waals surface area contributed by atoms with E-state index in [2.05, 4.69) is 17.1 Å². The first-order valence-electron chi connectivity index (χ1n) is 7.01. The second-order valence-corrected chi connectivity index (χ2v) is 5.48. The van der Waals surface area contributed by atoms with Gasteiger partial charge in [-0.2, -0.15) is 0 Å². The molecule has 0 unspecified atom stereocenters. The number of piperidine rings is 1. The van der Waals surface area contributed by atoms with Crippen molar-refractivity contribution in [3.8, 4) is 5.75 Å². The van der Waals surface area contributed by atoms with E-state index in [1.165, 1.54) is 25.9 Å². The second-order valence-electron chi connectivity index (χ2n) is 5.05. The van der Waals surface area contributed by atoms with Gasteiger partial charge in [0.05, 0.1) is 7.11 Å². The lowest BCUT2D eigenvalue weighted by Gasteiger charge is -2.31. The molecule has 1 aromatic carbocycles. The van der Waals surface area contributed by atoms with Crippen molar-refractivity contribution >= 4 is 11.6 Å². The number of halogens is 1. The highest BCUT2D eigenvalue weighted by molar-refractivity contribution is 6.30. The molecule has 1 fully saturated rings. The van der Waals surface area contributed by atoms with Crippen LogP contribution in [0.25, 0.3) is 0 Å². The minimum absolute atomic E-state index is 0.603. The monoisotopic (exact) mass is 282 g/mol. The van der Waals surface area contributed by atoms with E-state index in [0.717, 1.165) is 29.4 Å². The van der Waals surface area contributed by atoms with Crippen molar-refractivity contribution in [2.45, 2.75) is 32.4 Å². The van der Waals surface area contributed by atoms with Gasteiger partial charge in [0.15, 0.2) is 0 Å². The second kappa shape index (κ2) is 7.13. The van der Waals surface area contributed by atoms with E-state index in [1.807, 2.05) is 18.2 Å². The average Bonchev–Trinajstić information content (AvgIpc) is 2.46. The van der Waals surface area contributed by atoms with E-state index < -0.39 is 0 Å². The van der Waals surface area contributed by atoms with Crippen molar-refractivity contribution in [2.24, 2.45) is 0 Å². The molecule has 1 aliphatic heterocycles. The molecule has 2 rings (SSSR count). The fourth-order valence-electron chi connectivity index (χ4n) is 2.59. The molecule has 1 aliphatic rings. The zero-order chi connectivity index (χ0) is 13.7. The van der Waals surface area contributed by atoms with Crippen molar-refractivity contribution in [1.82, 2.24) is 10.2 Å². The van der Waals surface area contributed by atoms with Crippen LogP contribution in [0.4, 0.5) is 0 Å². The number of likely N-dealkylation sites (tertiary alicyclic amines) is 1. The minimum atomic E-state index is 0.603. The van der Waals surface area contributed by atoms with E-state index in [-0.39, 0.29) is 0 Å². The maximum Gasteiger partial charge on any atom is 0.123 e. The molecule has 1 N–H and O–H groups in total. The Balaban J connectivity index is 1.87. The van der Waals surface area contributed by atoms with Crippen molar-refractivity contribution in [2.75, 3.05) is 26.7 Å². The molecule has 19 heavy (non-hydrogen) atoms. The summed E-state index contributed by atoms with van der Waals surface area (Å²) in [6.45, 7) is 6.60. The quantitative estimate of drug-likeness (QED) is 0.899. The molecule has 0 saturated carbocycles. The van der Waals surface area contributed by atoms with Gasteiger partial charge in [-0.25, -0.2) is 0 Å². The fraction of sp³-hybridized carbons (Fsp3) is 0.600. The Hall–Kier alpha value is -0.770. The average molecular weight is 283 g/mol. The molecule has 3 nitrogen and oxygen atoms in total. The molecule has 106 valence electrons. The smallest absolute Gasteiger partial charge is 0.123 e. The summed E-state index contributed by atoms with van der Waals surface area (Å²) in [5.74, 6) is 0.905. The summed E-state index contributed by atoms with van der Waals surface area (Å²) in [6.07, 6.45) is 2.44. The summed E-state index contributed by atoms with van der Waals surface area (Å²) < 4.78 is 5.37. The maximum absolute atomic E-state index is 6.04. The van der Waals surface area contributed by atoms with E-state index >= 15 is 0 Å². The van der Waals surface area contributed by atoms with Crippen LogP contribution in [0.1, 0.15) is 25.3 Å². The summed E-state index contributed by atoms with van der Waals surface area (Å²) in [6, 6.07) is 6.38. The zero-order valence-electron chi connectivity index (χ0n) is 11.8. The largest absolute Gasteiger partial charge is 0.496 e. The van der Waals surface area contributed by atoms with Gasteiger partial charge in [-0.1, -0.05) is 18.5 Å². The van der Waals surface area contributed by atoms with Crippen LogP contribution in [0, 0.1) is 0 Å². The van der Waals surface area contributed by atoms with Crippen LogP contribution in [-0.2, 0) is 6.54 Å². The van der Waals surface area contributed by atoms with Crippen LogP contribution in [0.2, 0.25) is 5.02 Å². The third-order valence-electron chi connectivity index (χ3n) is 3.86. The molecule has 1 heterocycles. The first-order valence-corrected chi connectivity index (χ1v) is 7.39. The van der Waals surface area contributed by atoms with Crippen molar-refractivity contribution < 1.29 is 4.74 Å². The maximum atomic E-state index is 6.04. The Morgan fingerprint density at radius 3 is 2.74 bits per heavy atom. The number of benzene rings is 1. The molecule has 4 heteroatoms. The Morgan fingerprint density at radius 2 is 2.11 bits per heavy atom. The van der Waals surface area contributed by atoms with Gasteiger partial charge in [-0.05, 0) is 50.7 Å². The summed E-state index contributed by atoms with van der Waals surface area (Å²) >= 11 is 6.04. The third kappa shape index (κ3) is 4.10. The van der Waals surface area contributed by atoms with Crippen LogP contribution < -0.4 is 10.1 Å². The number of nitrogens with zero attached hydrogens (tertiary/aromatic N) is 1. The SMILES string of the molecule is CCN1CCC(NCc2cc(Cl)ccc2OC)CC1. The highest BCUT2D eigenvalue weighted by atomic mass is 35.5. The van der Waals surface area contributed by atoms with E-state index in [1.54, 1.807) is 7.11 Å². The Labute approximate surface area is 120 Å². The van der Waals surface area contributed by atoms with Crippen molar-refractivity contribution in [1.29, 1.82) is 0 Å². The van der Waals surface area contributed by atoms with Crippen LogP contribution in [0.5, 0.6) is 5.75 Å². The molecule has 0 aromatic heterocycles. The summed E-state index contributed by atoms with van der Waals surface area (Å²) in [5, 5.41) is 4.38. The van der Waals surface area contributed by atoms with Crippen LogP contribution in [0.15, 0.2) is 18.2 Å². The number of rotatable bonds is 5. The summed E-state index contributed by atoms with van der Waals surface area (Å²) in [7, 11) is 1.70. The van der Waals surface area contributed by atoms with Gasteiger partial charge in [-0.3, -0.25) is 0 Å². The van der Waals surface area contributed by atoms with E-state index in [9.17, 15) is 0 Å². The first-order chi connectivity index (χ1) is 9.22. The Bertz CT molecular complexity index is 403. The molecule has 0 atom stereocenters. The lowest BCUT2D eigenvalue weighted by Crippen LogP contribution is -2.42. The highest BCUT2D eigenvalue weighted by Gasteiger charge is 2.17. The van der Waals surface area contributed by atoms with Gasteiger partial charge in [0.1, 0.15) is 5.75 Å². The molecule has 0 bridgehead atoms. The molecule has 1 aromatic rings. The fourth-order valence-corrected chi connectivity index (χ4v) is 2.79. The van der Waals surface area contributed by atoms with Crippen LogP contribution in [-0.4, -0.2) is 37.7 Å². The Kier molecular flexibility index (Phi) is 5.49. The summed E-state index contributed by atoms with van der Waals surface area (Å²) in [5.41, 5.74) is 1.13. The predicted molar refractivity (Wildman–Crippen MR) is 80.0 cm³/mol. The van der Waals surface area contributed by atoms with Gasteiger partial charge in [0.2, 0.25) is 0 Å². The van der Waals surface area contributed by atoms with E-state index in [0.29, 0.717) is 6.04 Å². The predicted octanol–water partition coefficient (Wildman–Crippen LogP) is 2.92. The van der Waals surface area contributed by atoms with Gasteiger partial charge >= 0.3 is 0 Å². The number of methoxy groups -OCH3 is 1. The Morgan fingerprint density at radius 1 is 1.37 bits per heavy atom.